The summed E-state index contributed by atoms with van der Waals surface area (Å²) in [6.07, 6.45) is 6.04. The van der Waals surface area contributed by atoms with Gasteiger partial charge in [0.2, 0.25) is 0 Å². The molecule has 1 fully saturated rings. The lowest BCUT2D eigenvalue weighted by Gasteiger charge is -2.28. The number of carbonyl (C=O) groups is 2. The van der Waals surface area contributed by atoms with Gasteiger partial charge < -0.3 is 9.80 Å². The molecule has 1 aromatic carbocycles. The average Bonchev–Trinajstić information content (AvgIpc) is 3.54. The van der Waals surface area contributed by atoms with E-state index in [1.807, 2.05) is 35.9 Å². The van der Waals surface area contributed by atoms with E-state index >= 15 is 0 Å². The summed E-state index contributed by atoms with van der Waals surface area (Å²) in [5.74, 6) is -0.0995. The summed E-state index contributed by atoms with van der Waals surface area (Å²) < 4.78 is 3.41. The summed E-state index contributed by atoms with van der Waals surface area (Å²) in [7, 11) is 1.84. The van der Waals surface area contributed by atoms with Crippen LogP contribution in [0, 0.1) is 6.92 Å². The van der Waals surface area contributed by atoms with Gasteiger partial charge in [0, 0.05) is 32.4 Å². The van der Waals surface area contributed by atoms with E-state index in [0.29, 0.717) is 37.4 Å². The van der Waals surface area contributed by atoms with Crippen LogP contribution in [0.4, 0.5) is 0 Å². The molecule has 2 amide bonds. The smallest absolute Gasteiger partial charge is 0.276 e. The van der Waals surface area contributed by atoms with Gasteiger partial charge in [-0.1, -0.05) is 29.5 Å². The molecule has 166 valence electrons. The Labute approximate surface area is 186 Å². The third-order valence-corrected chi connectivity index (χ3v) is 6.68. The van der Waals surface area contributed by atoms with E-state index in [0.717, 1.165) is 25.0 Å². The van der Waals surface area contributed by atoms with Crippen LogP contribution in [0.5, 0.6) is 0 Å². The Hall–Kier alpha value is -3.49. The zero-order chi connectivity index (χ0) is 22.2. The van der Waals surface area contributed by atoms with Crippen molar-refractivity contribution in [1.82, 2.24) is 34.6 Å². The number of benzene rings is 1. The number of hydrogen-bond donors (Lipinski definition) is 0. The molecule has 5 rings (SSSR count). The molecule has 2 aliphatic heterocycles. The number of hydrogen-bond acceptors (Lipinski definition) is 5. The zero-order valence-corrected chi connectivity index (χ0v) is 18.4. The SMILES string of the molecule is Cc1c(C(=O)N2CCC[C@H]2Cn2cc(C(=O)N3CCc4ccccc4C3)nn2)cnn1C. The first kappa shape index (κ1) is 20.4. The molecule has 0 saturated carbocycles. The van der Waals surface area contributed by atoms with Gasteiger partial charge in [0.25, 0.3) is 11.8 Å². The fraction of sp³-hybridized carbons (Fsp3) is 0.435. The van der Waals surface area contributed by atoms with Crippen molar-refractivity contribution in [3.8, 4) is 0 Å². The predicted molar refractivity (Wildman–Crippen MR) is 117 cm³/mol. The number of fused-ring (bicyclic) bond motifs is 1. The van der Waals surface area contributed by atoms with Gasteiger partial charge in [0.15, 0.2) is 5.69 Å². The Morgan fingerprint density at radius 2 is 1.94 bits per heavy atom. The van der Waals surface area contributed by atoms with Crippen LogP contribution < -0.4 is 0 Å². The molecular formula is C23H27N7O2. The molecule has 0 bridgehead atoms. The van der Waals surface area contributed by atoms with Crippen molar-refractivity contribution in [3.05, 3.63) is 64.7 Å². The topological polar surface area (TPSA) is 89.2 Å². The number of carbonyl (C=O) groups excluding carboxylic acids is 2. The Balaban J connectivity index is 1.26. The van der Waals surface area contributed by atoms with Gasteiger partial charge >= 0.3 is 0 Å². The maximum atomic E-state index is 13.1. The van der Waals surface area contributed by atoms with Crippen LogP contribution >= 0.6 is 0 Å². The van der Waals surface area contributed by atoms with Crippen molar-refractivity contribution >= 4 is 11.8 Å². The van der Waals surface area contributed by atoms with Crippen LogP contribution in [0.1, 0.15) is 50.5 Å². The maximum absolute atomic E-state index is 13.1. The molecule has 0 N–H and O–H groups in total. The van der Waals surface area contributed by atoms with Gasteiger partial charge in [0.1, 0.15) is 0 Å². The van der Waals surface area contributed by atoms with Crippen LogP contribution in [0.25, 0.3) is 0 Å². The second-order valence-corrected chi connectivity index (χ2v) is 8.63. The number of rotatable bonds is 4. The number of aryl methyl sites for hydroxylation is 1. The van der Waals surface area contributed by atoms with Crippen molar-refractivity contribution in [2.75, 3.05) is 13.1 Å². The third kappa shape index (κ3) is 3.68. The third-order valence-electron chi connectivity index (χ3n) is 6.68. The first-order chi connectivity index (χ1) is 15.5. The predicted octanol–water partition coefficient (Wildman–Crippen LogP) is 1.82. The molecule has 1 saturated heterocycles. The summed E-state index contributed by atoms with van der Waals surface area (Å²) in [6.45, 7) is 4.41. The van der Waals surface area contributed by atoms with Crippen molar-refractivity contribution in [2.45, 2.75) is 45.3 Å². The minimum absolute atomic E-state index is 0.00139. The molecule has 2 aliphatic rings. The lowest BCUT2D eigenvalue weighted by atomic mass is 10.00. The van der Waals surface area contributed by atoms with E-state index in [1.165, 1.54) is 11.1 Å². The fourth-order valence-corrected chi connectivity index (χ4v) is 4.69. The zero-order valence-electron chi connectivity index (χ0n) is 18.4. The first-order valence-electron chi connectivity index (χ1n) is 11.1. The van der Waals surface area contributed by atoms with Crippen LogP contribution in [0.15, 0.2) is 36.7 Å². The Morgan fingerprint density at radius 3 is 2.72 bits per heavy atom. The van der Waals surface area contributed by atoms with Crippen LogP contribution in [0.3, 0.4) is 0 Å². The Kier molecular flexibility index (Phi) is 5.24. The number of amides is 2. The van der Waals surface area contributed by atoms with Gasteiger partial charge in [-0.05, 0) is 37.3 Å². The molecule has 0 aliphatic carbocycles. The molecular weight excluding hydrogens is 406 g/mol. The van der Waals surface area contributed by atoms with E-state index in [-0.39, 0.29) is 17.9 Å². The number of aromatic nitrogens is 5. The molecule has 3 aromatic rings. The molecule has 32 heavy (non-hydrogen) atoms. The van der Waals surface area contributed by atoms with Gasteiger partial charge in [-0.2, -0.15) is 5.10 Å². The lowest BCUT2D eigenvalue weighted by molar-refractivity contribution is 0.0714. The summed E-state index contributed by atoms with van der Waals surface area (Å²) in [4.78, 5) is 29.8. The van der Waals surface area contributed by atoms with E-state index < -0.39 is 0 Å². The molecule has 9 nitrogen and oxygen atoms in total. The fourth-order valence-electron chi connectivity index (χ4n) is 4.69. The second kappa shape index (κ2) is 8.22. The van der Waals surface area contributed by atoms with Crippen molar-refractivity contribution in [3.63, 3.8) is 0 Å². The highest BCUT2D eigenvalue weighted by molar-refractivity contribution is 5.95. The van der Waals surface area contributed by atoms with Crippen LogP contribution in [-0.4, -0.2) is 65.5 Å². The van der Waals surface area contributed by atoms with Crippen LogP contribution in [-0.2, 0) is 26.6 Å². The van der Waals surface area contributed by atoms with E-state index in [2.05, 4.69) is 27.5 Å². The summed E-state index contributed by atoms with van der Waals surface area (Å²) in [6, 6.07) is 8.25. The second-order valence-electron chi connectivity index (χ2n) is 8.63. The minimum atomic E-state index is -0.101. The van der Waals surface area contributed by atoms with Crippen molar-refractivity contribution in [2.24, 2.45) is 7.05 Å². The number of nitrogens with zero attached hydrogens (tertiary/aromatic N) is 7. The first-order valence-corrected chi connectivity index (χ1v) is 11.1. The summed E-state index contributed by atoms with van der Waals surface area (Å²) in [5, 5.41) is 12.5. The van der Waals surface area contributed by atoms with E-state index in [4.69, 9.17) is 0 Å². The normalized spacial score (nSPS) is 18.1. The highest BCUT2D eigenvalue weighted by atomic mass is 16.2. The lowest BCUT2D eigenvalue weighted by Crippen LogP contribution is -2.38. The van der Waals surface area contributed by atoms with Gasteiger partial charge in [-0.25, -0.2) is 4.68 Å². The van der Waals surface area contributed by atoms with E-state index in [1.54, 1.807) is 21.8 Å². The highest BCUT2D eigenvalue weighted by Crippen LogP contribution is 2.23. The standard InChI is InChI=1S/C23H27N7O2/c1-16-20(12-24-27(16)2)22(31)30-10-5-8-19(30)14-29-15-21(25-26-29)23(32)28-11-9-17-6-3-4-7-18(17)13-28/h3-4,6-7,12,15,19H,5,8-11,13-14H2,1-2H3/t19-/m0/s1. The summed E-state index contributed by atoms with van der Waals surface area (Å²) >= 11 is 0. The maximum Gasteiger partial charge on any atom is 0.276 e. The Bertz CT molecular complexity index is 1160. The van der Waals surface area contributed by atoms with Crippen molar-refractivity contribution < 1.29 is 9.59 Å². The number of likely N-dealkylation sites (tertiary alicyclic amines) is 1. The average molecular weight is 434 g/mol. The monoisotopic (exact) mass is 433 g/mol. The molecule has 0 unspecified atom stereocenters. The van der Waals surface area contributed by atoms with Gasteiger partial charge in [0.05, 0.1) is 30.5 Å². The molecule has 0 radical (unpaired) electrons. The molecule has 1 atom stereocenters. The molecule has 4 heterocycles. The largest absolute Gasteiger partial charge is 0.334 e. The van der Waals surface area contributed by atoms with Crippen LogP contribution in [0.2, 0.25) is 0 Å². The molecule has 0 spiro atoms. The van der Waals surface area contributed by atoms with E-state index in [9.17, 15) is 9.59 Å². The van der Waals surface area contributed by atoms with Crippen molar-refractivity contribution in [1.29, 1.82) is 0 Å². The van der Waals surface area contributed by atoms with Gasteiger partial charge in [-0.3, -0.25) is 14.3 Å². The van der Waals surface area contributed by atoms with Gasteiger partial charge in [-0.15, -0.1) is 5.10 Å². The molecule has 9 heteroatoms. The quantitative estimate of drug-likeness (QED) is 0.626. The summed E-state index contributed by atoms with van der Waals surface area (Å²) in [5.41, 5.74) is 4.33. The Morgan fingerprint density at radius 1 is 1.12 bits per heavy atom. The molecule has 2 aromatic heterocycles. The highest BCUT2D eigenvalue weighted by Gasteiger charge is 2.32. The minimum Gasteiger partial charge on any atom is -0.334 e.